The smallest absolute Gasteiger partial charge is 0.242 e. The van der Waals surface area contributed by atoms with Gasteiger partial charge in [-0.15, -0.1) is 6.58 Å². The minimum Gasteiger partial charge on any atom is -0.497 e. The molecule has 2 amide bonds. The summed E-state index contributed by atoms with van der Waals surface area (Å²) in [5.41, 5.74) is 2.64. The third kappa shape index (κ3) is 5.30. The van der Waals surface area contributed by atoms with Crippen molar-refractivity contribution in [2.24, 2.45) is 4.99 Å². The van der Waals surface area contributed by atoms with E-state index in [2.05, 4.69) is 23.8 Å². The molecule has 0 spiro atoms. The number of thioether (sulfide) groups is 1. The van der Waals surface area contributed by atoms with Crippen LogP contribution in [-0.4, -0.2) is 40.8 Å². The second-order valence-corrected chi connectivity index (χ2v) is 7.91. The van der Waals surface area contributed by atoms with E-state index in [1.807, 2.05) is 48.5 Å². The number of anilines is 1. The Bertz CT molecular complexity index is 939. The van der Waals surface area contributed by atoms with Crippen molar-refractivity contribution in [3.8, 4) is 5.75 Å². The quantitative estimate of drug-likeness (QED) is 0.639. The third-order valence-electron chi connectivity index (χ3n) is 4.65. The van der Waals surface area contributed by atoms with Crippen molar-refractivity contribution in [2.75, 3.05) is 19.0 Å². The largest absolute Gasteiger partial charge is 0.497 e. The van der Waals surface area contributed by atoms with Gasteiger partial charge in [0.25, 0.3) is 0 Å². The fraction of sp³-hybridized carbons (Fsp3) is 0.261. The number of amidine groups is 1. The molecule has 1 aliphatic heterocycles. The molecule has 0 aliphatic carbocycles. The fourth-order valence-corrected chi connectivity index (χ4v) is 4.16. The Kier molecular flexibility index (Phi) is 7.30. The van der Waals surface area contributed by atoms with Crippen molar-refractivity contribution < 1.29 is 14.3 Å². The Morgan fingerprint density at radius 2 is 1.93 bits per heavy atom. The zero-order valence-electron chi connectivity index (χ0n) is 17.1. The Labute approximate surface area is 181 Å². The van der Waals surface area contributed by atoms with Crippen LogP contribution in [0.15, 0.2) is 66.2 Å². The first kappa shape index (κ1) is 21.6. The number of carbonyl (C=O) groups is 2. The zero-order chi connectivity index (χ0) is 21.5. The second kappa shape index (κ2) is 10.1. The summed E-state index contributed by atoms with van der Waals surface area (Å²) in [6.07, 6.45) is 2.67. The van der Waals surface area contributed by atoms with Crippen LogP contribution in [0.2, 0.25) is 0 Å². The van der Waals surface area contributed by atoms with Gasteiger partial charge in [0.2, 0.25) is 11.8 Å². The number of ether oxygens (including phenoxy) is 1. The van der Waals surface area contributed by atoms with Gasteiger partial charge in [-0.05, 0) is 48.4 Å². The summed E-state index contributed by atoms with van der Waals surface area (Å²) < 4.78 is 5.16. The van der Waals surface area contributed by atoms with E-state index in [9.17, 15) is 9.59 Å². The van der Waals surface area contributed by atoms with E-state index in [0.29, 0.717) is 17.4 Å². The van der Waals surface area contributed by atoms with Crippen molar-refractivity contribution in [2.45, 2.75) is 25.0 Å². The van der Waals surface area contributed by atoms with Crippen molar-refractivity contribution >= 4 is 40.1 Å². The van der Waals surface area contributed by atoms with E-state index in [1.54, 1.807) is 18.1 Å². The number of nitrogens with zero attached hydrogens (tertiary/aromatic N) is 2. The summed E-state index contributed by atoms with van der Waals surface area (Å²) in [5, 5.41) is 2.92. The Balaban J connectivity index is 1.70. The molecule has 156 valence electrons. The molecule has 1 atom stereocenters. The van der Waals surface area contributed by atoms with Crippen LogP contribution >= 0.6 is 11.8 Å². The summed E-state index contributed by atoms with van der Waals surface area (Å²) in [5.74, 6) is 0.400. The Morgan fingerprint density at radius 3 is 2.53 bits per heavy atom. The first-order valence-corrected chi connectivity index (χ1v) is 10.6. The molecule has 0 bridgehead atoms. The normalized spacial score (nSPS) is 17.3. The first-order valence-electron chi connectivity index (χ1n) is 9.74. The lowest BCUT2D eigenvalue weighted by Crippen LogP contribution is -2.33. The molecule has 30 heavy (non-hydrogen) atoms. The van der Waals surface area contributed by atoms with E-state index in [4.69, 9.17) is 4.74 Å². The molecule has 0 saturated carbocycles. The van der Waals surface area contributed by atoms with Crippen LogP contribution < -0.4 is 10.1 Å². The van der Waals surface area contributed by atoms with Gasteiger partial charge in [-0.1, -0.05) is 36.9 Å². The van der Waals surface area contributed by atoms with E-state index in [-0.39, 0.29) is 18.2 Å². The predicted molar refractivity (Wildman–Crippen MR) is 122 cm³/mol. The number of benzene rings is 2. The number of nitrogens with one attached hydrogen (secondary N) is 1. The number of amides is 2. The number of methoxy groups -OCH3 is 1. The molecule has 2 aromatic carbocycles. The minimum atomic E-state index is -0.517. The lowest BCUT2D eigenvalue weighted by Gasteiger charge is -2.14. The monoisotopic (exact) mass is 423 g/mol. The van der Waals surface area contributed by atoms with Gasteiger partial charge in [0.05, 0.1) is 12.8 Å². The molecule has 0 radical (unpaired) electrons. The van der Waals surface area contributed by atoms with Gasteiger partial charge in [0.1, 0.15) is 11.0 Å². The van der Waals surface area contributed by atoms with Gasteiger partial charge in [-0.2, -0.15) is 0 Å². The van der Waals surface area contributed by atoms with E-state index >= 15 is 0 Å². The van der Waals surface area contributed by atoms with Crippen molar-refractivity contribution in [1.29, 1.82) is 0 Å². The number of carbonyl (C=O) groups excluding carboxylic acids is 2. The summed E-state index contributed by atoms with van der Waals surface area (Å²) in [7, 11) is 1.60. The molecule has 2 aromatic rings. The van der Waals surface area contributed by atoms with Crippen LogP contribution in [0.4, 0.5) is 11.4 Å². The van der Waals surface area contributed by atoms with E-state index in [1.165, 1.54) is 17.3 Å². The van der Waals surface area contributed by atoms with E-state index in [0.717, 1.165) is 17.9 Å². The molecule has 1 aliphatic rings. The SMILES string of the molecule is C=CCN1C(=O)[C@@H](CC(=O)Nc2ccc(CC)cc2)SC1=Nc1ccc(OC)cc1. The summed E-state index contributed by atoms with van der Waals surface area (Å²) >= 11 is 1.30. The summed E-state index contributed by atoms with van der Waals surface area (Å²) in [6, 6.07) is 15.0. The molecule has 3 rings (SSSR count). The summed E-state index contributed by atoms with van der Waals surface area (Å²) in [4.78, 5) is 31.5. The van der Waals surface area contributed by atoms with Crippen molar-refractivity contribution in [1.82, 2.24) is 4.90 Å². The highest BCUT2D eigenvalue weighted by Crippen LogP contribution is 2.32. The lowest BCUT2D eigenvalue weighted by molar-refractivity contribution is -0.127. The second-order valence-electron chi connectivity index (χ2n) is 6.74. The van der Waals surface area contributed by atoms with Gasteiger partial charge >= 0.3 is 0 Å². The number of hydrogen-bond donors (Lipinski definition) is 1. The van der Waals surface area contributed by atoms with Crippen LogP contribution in [0.25, 0.3) is 0 Å². The molecular weight excluding hydrogens is 398 g/mol. The number of hydrogen-bond acceptors (Lipinski definition) is 5. The highest BCUT2D eigenvalue weighted by atomic mass is 32.2. The molecule has 1 N–H and O–H groups in total. The molecule has 1 fully saturated rings. The number of rotatable bonds is 8. The molecule has 1 saturated heterocycles. The van der Waals surface area contributed by atoms with Crippen molar-refractivity contribution in [3.63, 3.8) is 0 Å². The van der Waals surface area contributed by atoms with Gasteiger partial charge < -0.3 is 10.1 Å². The topological polar surface area (TPSA) is 71.0 Å². The molecule has 6 nitrogen and oxygen atoms in total. The molecule has 1 heterocycles. The Morgan fingerprint density at radius 1 is 1.23 bits per heavy atom. The molecule has 0 unspecified atom stereocenters. The maximum Gasteiger partial charge on any atom is 0.242 e. The van der Waals surface area contributed by atoms with E-state index < -0.39 is 5.25 Å². The standard InChI is InChI=1S/C23H25N3O3S/c1-4-14-26-22(28)20(15-21(27)24-17-8-6-16(5-2)7-9-17)30-23(26)25-18-10-12-19(29-3)13-11-18/h4,6-13,20H,1,5,14-15H2,2-3H3,(H,24,27)/t20-/m1/s1. The maximum atomic E-state index is 12.8. The number of aryl methyl sites for hydroxylation is 1. The maximum absolute atomic E-state index is 12.8. The third-order valence-corrected chi connectivity index (χ3v) is 5.82. The Hall–Kier alpha value is -3.06. The molecule has 0 aromatic heterocycles. The highest BCUT2D eigenvalue weighted by Gasteiger charge is 2.38. The average Bonchev–Trinajstić information content (AvgIpc) is 3.04. The number of aliphatic imine (C=N–C) groups is 1. The summed E-state index contributed by atoms with van der Waals surface area (Å²) in [6.45, 7) is 6.15. The minimum absolute atomic E-state index is 0.0777. The van der Waals surface area contributed by atoms with Gasteiger partial charge in [-0.25, -0.2) is 4.99 Å². The van der Waals surface area contributed by atoms with Crippen molar-refractivity contribution in [3.05, 3.63) is 66.7 Å². The highest BCUT2D eigenvalue weighted by molar-refractivity contribution is 8.15. The van der Waals surface area contributed by atoms with Crippen LogP contribution in [0.3, 0.4) is 0 Å². The first-order chi connectivity index (χ1) is 14.5. The van der Waals surface area contributed by atoms with Crippen LogP contribution in [0, 0.1) is 0 Å². The molecule has 7 heteroatoms. The molecular formula is C23H25N3O3S. The van der Waals surface area contributed by atoms with Crippen LogP contribution in [0.1, 0.15) is 18.9 Å². The van der Waals surface area contributed by atoms with Crippen LogP contribution in [0.5, 0.6) is 5.75 Å². The fourth-order valence-electron chi connectivity index (χ4n) is 2.99. The zero-order valence-corrected chi connectivity index (χ0v) is 17.9. The predicted octanol–water partition coefficient (Wildman–Crippen LogP) is 4.40. The lowest BCUT2D eigenvalue weighted by atomic mass is 10.1. The van der Waals surface area contributed by atoms with Gasteiger partial charge in [0.15, 0.2) is 5.17 Å². The van der Waals surface area contributed by atoms with Crippen LogP contribution in [-0.2, 0) is 16.0 Å². The average molecular weight is 424 g/mol. The van der Waals surface area contributed by atoms with Gasteiger partial charge in [-0.3, -0.25) is 14.5 Å². The van der Waals surface area contributed by atoms with Gasteiger partial charge in [0, 0.05) is 18.7 Å².